The molecule has 2 aromatic carbocycles. The van der Waals surface area contributed by atoms with E-state index >= 15 is 0 Å². The molecule has 0 saturated heterocycles. The van der Waals surface area contributed by atoms with Crippen LogP contribution in [0.15, 0.2) is 72.4 Å². The SMILES string of the molecule is CCOc1ccc(Oc2ccc(Cl)cc2NC(=O)Cc2csc(-c3cccnc3)n2)cc1. The van der Waals surface area contributed by atoms with Crippen molar-refractivity contribution in [1.82, 2.24) is 9.97 Å². The molecule has 0 unspecified atom stereocenters. The van der Waals surface area contributed by atoms with E-state index in [1.54, 1.807) is 42.7 Å². The average molecular weight is 466 g/mol. The minimum Gasteiger partial charge on any atom is -0.494 e. The van der Waals surface area contributed by atoms with Crippen molar-refractivity contribution < 1.29 is 14.3 Å². The number of carbonyl (C=O) groups is 1. The van der Waals surface area contributed by atoms with Crippen molar-refractivity contribution >= 4 is 34.5 Å². The second-order valence-corrected chi connectivity index (χ2v) is 8.05. The fraction of sp³-hybridized carbons (Fsp3) is 0.125. The van der Waals surface area contributed by atoms with E-state index in [0.717, 1.165) is 16.3 Å². The number of ether oxygens (including phenoxy) is 2. The summed E-state index contributed by atoms with van der Waals surface area (Å²) >= 11 is 7.63. The van der Waals surface area contributed by atoms with Gasteiger partial charge < -0.3 is 14.8 Å². The minimum absolute atomic E-state index is 0.131. The van der Waals surface area contributed by atoms with Gasteiger partial charge in [0.15, 0.2) is 5.75 Å². The third-order valence-electron chi connectivity index (χ3n) is 4.38. The van der Waals surface area contributed by atoms with Gasteiger partial charge in [-0.2, -0.15) is 0 Å². The Morgan fingerprint density at radius 3 is 2.69 bits per heavy atom. The van der Waals surface area contributed by atoms with E-state index in [-0.39, 0.29) is 12.3 Å². The first kappa shape index (κ1) is 21.8. The van der Waals surface area contributed by atoms with Gasteiger partial charge in [0.05, 0.1) is 24.4 Å². The summed E-state index contributed by atoms with van der Waals surface area (Å²) in [6.07, 6.45) is 3.59. The molecule has 0 bridgehead atoms. The summed E-state index contributed by atoms with van der Waals surface area (Å²) in [6, 6.07) is 16.1. The number of aromatic nitrogens is 2. The fourth-order valence-electron chi connectivity index (χ4n) is 2.96. The van der Waals surface area contributed by atoms with Crippen molar-refractivity contribution in [2.45, 2.75) is 13.3 Å². The second kappa shape index (κ2) is 10.3. The zero-order valence-electron chi connectivity index (χ0n) is 17.2. The van der Waals surface area contributed by atoms with Crippen molar-refractivity contribution in [3.8, 4) is 27.8 Å². The molecule has 0 atom stereocenters. The molecule has 0 aliphatic rings. The van der Waals surface area contributed by atoms with E-state index < -0.39 is 0 Å². The predicted octanol–water partition coefficient (Wildman–Crippen LogP) is 6.23. The smallest absolute Gasteiger partial charge is 0.230 e. The Bertz CT molecular complexity index is 1200. The maximum Gasteiger partial charge on any atom is 0.230 e. The Morgan fingerprint density at radius 2 is 1.94 bits per heavy atom. The molecule has 1 N–H and O–H groups in total. The zero-order valence-corrected chi connectivity index (χ0v) is 18.8. The van der Waals surface area contributed by atoms with Crippen LogP contribution in [0, 0.1) is 0 Å². The summed E-state index contributed by atoms with van der Waals surface area (Å²) in [4.78, 5) is 21.3. The molecule has 162 valence electrons. The van der Waals surface area contributed by atoms with Crippen LogP contribution in [0.25, 0.3) is 10.6 Å². The molecule has 4 aromatic rings. The molecule has 0 aliphatic carbocycles. The van der Waals surface area contributed by atoms with Crippen molar-refractivity contribution in [3.63, 3.8) is 0 Å². The lowest BCUT2D eigenvalue weighted by Crippen LogP contribution is -2.15. The highest BCUT2D eigenvalue weighted by Gasteiger charge is 2.13. The molecule has 0 fully saturated rings. The summed E-state index contributed by atoms with van der Waals surface area (Å²) < 4.78 is 11.4. The van der Waals surface area contributed by atoms with Gasteiger partial charge in [-0.15, -0.1) is 11.3 Å². The molecule has 2 aromatic heterocycles. The van der Waals surface area contributed by atoms with E-state index in [1.165, 1.54) is 11.3 Å². The summed E-state index contributed by atoms with van der Waals surface area (Å²) in [5, 5.41) is 6.07. The molecule has 8 heteroatoms. The topological polar surface area (TPSA) is 73.3 Å². The van der Waals surface area contributed by atoms with Crippen LogP contribution in [0.5, 0.6) is 17.2 Å². The molecular formula is C24H20ClN3O3S. The Morgan fingerprint density at radius 1 is 1.12 bits per heavy atom. The number of nitrogens with zero attached hydrogens (tertiary/aromatic N) is 2. The number of halogens is 1. The lowest BCUT2D eigenvalue weighted by atomic mass is 10.2. The van der Waals surface area contributed by atoms with Crippen molar-refractivity contribution in [3.05, 3.63) is 83.1 Å². The van der Waals surface area contributed by atoms with E-state index in [2.05, 4.69) is 15.3 Å². The standard InChI is InChI=1S/C24H20ClN3O3S/c1-2-30-19-6-8-20(9-7-19)31-22-10-5-17(25)12-21(22)28-23(29)13-18-15-32-24(27-18)16-4-3-11-26-14-16/h3-12,14-15H,2,13H2,1H3,(H,28,29). The lowest BCUT2D eigenvalue weighted by Gasteiger charge is -2.13. The molecule has 4 rings (SSSR count). The first-order chi connectivity index (χ1) is 15.6. The van der Waals surface area contributed by atoms with Crippen molar-refractivity contribution in [1.29, 1.82) is 0 Å². The molecule has 6 nitrogen and oxygen atoms in total. The number of amides is 1. The van der Waals surface area contributed by atoms with Crippen LogP contribution in [-0.2, 0) is 11.2 Å². The van der Waals surface area contributed by atoms with Crippen molar-refractivity contribution in [2.24, 2.45) is 0 Å². The van der Waals surface area contributed by atoms with Gasteiger partial charge in [0.25, 0.3) is 0 Å². The summed E-state index contributed by atoms with van der Waals surface area (Å²) in [7, 11) is 0. The Hall–Kier alpha value is -3.42. The molecule has 0 spiro atoms. The van der Waals surface area contributed by atoms with Gasteiger partial charge in [0.2, 0.25) is 5.91 Å². The molecule has 0 saturated carbocycles. The monoisotopic (exact) mass is 465 g/mol. The number of thiazole rings is 1. The molecule has 0 radical (unpaired) electrons. The first-order valence-corrected chi connectivity index (χ1v) is 11.2. The number of hydrogen-bond donors (Lipinski definition) is 1. The van der Waals surface area contributed by atoms with Gasteiger partial charge in [0.1, 0.15) is 16.5 Å². The predicted molar refractivity (Wildman–Crippen MR) is 127 cm³/mol. The summed E-state index contributed by atoms with van der Waals surface area (Å²) in [5.41, 5.74) is 2.09. The van der Waals surface area contributed by atoms with E-state index in [1.807, 2.05) is 36.6 Å². The second-order valence-electron chi connectivity index (χ2n) is 6.76. The van der Waals surface area contributed by atoms with E-state index in [4.69, 9.17) is 21.1 Å². The van der Waals surface area contributed by atoms with Crippen LogP contribution in [0.3, 0.4) is 0 Å². The van der Waals surface area contributed by atoms with Crippen LogP contribution in [0.2, 0.25) is 5.02 Å². The van der Waals surface area contributed by atoms with E-state index in [9.17, 15) is 4.79 Å². The maximum absolute atomic E-state index is 12.7. The lowest BCUT2D eigenvalue weighted by molar-refractivity contribution is -0.115. The van der Waals surface area contributed by atoms with Gasteiger partial charge in [-0.25, -0.2) is 4.98 Å². The Labute approximate surface area is 194 Å². The number of pyridine rings is 1. The summed E-state index contributed by atoms with van der Waals surface area (Å²) in [5.74, 6) is 1.65. The van der Waals surface area contributed by atoms with E-state index in [0.29, 0.717) is 34.5 Å². The quantitative estimate of drug-likeness (QED) is 0.334. The van der Waals surface area contributed by atoms with Crippen LogP contribution >= 0.6 is 22.9 Å². The maximum atomic E-state index is 12.7. The number of benzene rings is 2. The Kier molecular flexibility index (Phi) is 6.99. The third-order valence-corrected chi connectivity index (χ3v) is 5.56. The highest BCUT2D eigenvalue weighted by Crippen LogP contribution is 2.33. The number of carbonyl (C=O) groups excluding carboxylic acids is 1. The number of anilines is 1. The van der Waals surface area contributed by atoms with Crippen molar-refractivity contribution in [2.75, 3.05) is 11.9 Å². The minimum atomic E-state index is -0.216. The van der Waals surface area contributed by atoms with Gasteiger partial charge >= 0.3 is 0 Å². The molecule has 2 heterocycles. The zero-order chi connectivity index (χ0) is 22.3. The third kappa shape index (κ3) is 5.63. The first-order valence-electron chi connectivity index (χ1n) is 9.95. The molecule has 32 heavy (non-hydrogen) atoms. The number of rotatable bonds is 8. The van der Waals surface area contributed by atoms with Crippen LogP contribution in [-0.4, -0.2) is 22.5 Å². The average Bonchev–Trinajstić information content (AvgIpc) is 3.26. The molecule has 0 aliphatic heterocycles. The molecular weight excluding hydrogens is 446 g/mol. The molecule has 1 amide bonds. The number of nitrogens with one attached hydrogen (secondary N) is 1. The summed E-state index contributed by atoms with van der Waals surface area (Å²) in [6.45, 7) is 2.52. The largest absolute Gasteiger partial charge is 0.494 e. The number of hydrogen-bond acceptors (Lipinski definition) is 6. The van der Waals surface area contributed by atoms with Crippen LogP contribution < -0.4 is 14.8 Å². The highest BCUT2D eigenvalue weighted by molar-refractivity contribution is 7.13. The normalized spacial score (nSPS) is 10.6. The Balaban J connectivity index is 1.45. The van der Waals surface area contributed by atoms with Gasteiger partial charge in [-0.05, 0) is 61.5 Å². The van der Waals surface area contributed by atoms with Gasteiger partial charge in [0, 0.05) is 28.4 Å². The highest BCUT2D eigenvalue weighted by atomic mass is 35.5. The van der Waals surface area contributed by atoms with Crippen LogP contribution in [0.4, 0.5) is 5.69 Å². The fourth-order valence-corrected chi connectivity index (χ4v) is 3.94. The van der Waals surface area contributed by atoms with Gasteiger partial charge in [-0.3, -0.25) is 9.78 Å². The van der Waals surface area contributed by atoms with Crippen LogP contribution in [0.1, 0.15) is 12.6 Å². The van der Waals surface area contributed by atoms with Gasteiger partial charge in [-0.1, -0.05) is 11.6 Å².